The Kier molecular flexibility index (Phi) is 6.56. The van der Waals surface area contributed by atoms with Gasteiger partial charge in [-0.1, -0.05) is 11.6 Å². The third kappa shape index (κ3) is 5.24. The van der Waals surface area contributed by atoms with Crippen LogP contribution in [0.2, 0.25) is 5.02 Å². The zero-order valence-electron chi connectivity index (χ0n) is 13.3. The second-order valence-electron chi connectivity index (χ2n) is 4.99. The van der Waals surface area contributed by atoms with Gasteiger partial charge in [-0.25, -0.2) is 4.79 Å². The second-order valence-corrected chi connectivity index (χ2v) is 5.40. The molecule has 0 saturated carbocycles. The molecule has 2 aromatic rings. The molecule has 2 rings (SSSR count). The predicted molar refractivity (Wildman–Crippen MR) is 91.1 cm³/mol. The predicted octanol–water partition coefficient (Wildman–Crippen LogP) is 1.89. The van der Waals surface area contributed by atoms with Gasteiger partial charge in [0, 0.05) is 25.3 Å². The van der Waals surface area contributed by atoms with Crippen LogP contribution in [0.1, 0.15) is 23.7 Å². The van der Waals surface area contributed by atoms with E-state index >= 15 is 0 Å². The fourth-order valence-electron chi connectivity index (χ4n) is 2.01. The zero-order chi connectivity index (χ0) is 17.4. The first-order valence-electron chi connectivity index (χ1n) is 7.55. The van der Waals surface area contributed by atoms with E-state index in [-0.39, 0.29) is 11.9 Å². The van der Waals surface area contributed by atoms with Gasteiger partial charge in [-0.2, -0.15) is 0 Å². The van der Waals surface area contributed by atoms with Crippen LogP contribution in [0.5, 0.6) is 0 Å². The molecular formula is C15H19ClN6O2. The topological polar surface area (TPSA) is 101 Å². The molecule has 9 heteroatoms. The Hall–Kier alpha value is -2.61. The maximum absolute atomic E-state index is 11.9. The molecular weight excluding hydrogens is 332 g/mol. The number of anilines is 1. The highest BCUT2D eigenvalue weighted by molar-refractivity contribution is 6.34. The monoisotopic (exact) mass is 350 g/mol. The molecule has 3 amide bonds. The van der Waals surface area contributed by atoms with E-state index in [1.165, 1.54) is 0 Å². The fourth-order valence-corrected chi connectivity index (χ4v) is 2.21. The van der Waals surface area contributed by atoms with E-state index in [4.69, 9.17) is 11.6 Å². The van der Waals surface area contributed by atoms with Crippen molar-refractivity contribution in [3.63, 3.8) is 0 Å². The van der Waals surface area contributed by atoms with Gasteiger partial charge < -0.3 is 20.5 Å². The SMILES string of the molecule is CCNC(=O)c1cc(NC(=O)NCCCn2cnnc2)ccc1Cl. The summed E-state index contributed by atoms with van der Waals surface area (Å²) in [4.78, 5) is 23.8. The van der Waals surface area contributed by atoms with Gasteiger partial charge in [0.05, 0.1) is 10.6 Å². The first kappa shape index (κ1) is 17.7. The first-order chi connectivity index (χ1) is 11.6. The molecule has 0 fully saturated rings. The van der Waals surface area contributed by atoms with Crippen molar-refractivity contribution < 1.29 is 9.59 Å². The van der Waals surface area contributed by atoms with Crippen molar-refractivity contribution in [3.8, 4) is 0 Å². The highest BCUT2D eigenvalue weighted by Gasteiger charge is 2.11. The van der Waals surface area contributed by atoms with Crippen molar-refractivity contribution in [1.82, 2.24) is 25.4 Å². The van der Waals surface area contributed by atoms with Crippen molar-refractivity contribution in [2.24, 2.45) is 0 Å². The maximum atomic E-state index is 11.9. The first-order valence-corrected chi connectivity index (χ1v) is 7.93. The summed E-state index contributed by atoms with van der Waals surface area (Å²) < 4.78 is 1.83. The Morgan fingerprint density at radius 3 is 2.67 bits per heavy atom. The molecule has 0 spiro atoms. The van der Waals surface area contributed by atoms with Gasteiger partial charge in [0.25, 0.3) is 5.91 Å². The molecule has 1 aromatic heterocycles. The number of aryl methyl sites for hydroxylation is 1. The highest BCUT2D eigenvalue weighted by atomic mass is 35.5. The number of hydrogen-bond acceptors (Lipinski definition) is 4. The summed E-state index contributed by atoms with van der Waals surface area (Å²) in [6.07, 6.45) is 3.99. The smallest absolute Gasteiger partial charge is 0.319 e. The third-order valence-electron chi connectivity index (χ3n) is 3.15. The minimum atomic E-state index is -0.345. The van der Waals surface area contributed by atoms with Gasteiger partial charge >= 0.3 is 6.03 Å². The number of aromatic nitrogens is 3. The summed E-state index contributed by atoms with van der Waals surface area (Å²) in [6, 6.07) is 4.42. The molecule has 0 bridgehead atoms. The molecule has 3 N–H and O–H groups in total. The van der Waals surface area contributed by atoms with Gasteiger partial charge in [0.2, 0.25) is 0 Å². The van der Waals surface area contributed by atoms with Crippen molar-refractivity contribution >= 4 is 29.2 Å². The fraction of sp³-hybridized carbons (Fsp3) is 0.333. The Balaban J connectivity index is 1.82. The largest absolute Gasteiger partial charge is 0.352 e. The van der Waals surface area contributed by atoms with Crippen LogP contribution in [0.3, 0.4) is 0 Å². The second kappa shape index (κ2) is 8.88. The average Bonchev–Trinajstić information content (AvgIpc) is 3.07. The molecule has 0 aliphatic rings. The third-order valence-corrected chi connectivity index (χ3v) is 3.48. The summed E-state index contributed by atoms with van der Waals surface area (Å²) in [5, 5.41) is 15.8. The van der Waals surface area contributed by atoms with Crippen LogP contribution >= 0.6 is 11.6 Å². The number of nitrogens with zero attached hydrogens (tertiary/aromatic N) is 3. The lowest BCUT2D eigenvalue weighted by Crippen LogP contribution is -2.30. The molecule has 0 aliphatic carbocycles. The number of nitrogens with one attached hydrogen (secondary N) is 3. The highest BCUT2D eigenvalue weighted by Crippen LogP contribution is 2.20. The van der Waals surface area contributed by atoms with E-state index in [2.05, 4.69) is 26.1 Å². The van der Waals surface area contributed by atoms with Gasteiger partial charge in [-0.15, -0.1) is 10.2 Å². The molecule has 1 aromatic carbocycles. The van der Waals surface area contributed by atoms with Crippen molar-refractivity contribution in [2.45, 2.75) is 19.9 Å². The lowest BCUT2D eigenvalue weighted by Gasteiger charge is -2.10. The Morgan fingerprint density at radius 2 is 1.96 bits per heavy atom. The number of amides is 3. The van der Waals surface area contributed by atoms with E-state index in [1.54, 1.807) is 30.9 Å². The molecule has 1 heterocycles. The van der Waals surface area contributed by atoms with E-state index in [0.717, 1.165) is 13.0 Å². The number of halogens is 1. The van der Waals surface area contributed by atoms with E-state index < -0.39 is 0 Å². The van der Waals surface area contributed by atoms with Gasteiger partial charge in [-0.3, -0.25) is 4.79 Å². The lowest BCUT2D eigenvalue weighted by atomic mass is 10.2. The molecule has 0 saturated heterocycles. The van der Waals surface area contributed by atoms with Crippen molar-refractivity contribution in [3.05, 3.63) is 41.4 Å². The van der Waals surface area contributed by atoms with Crippen LogP contribution in [0, 0.1) is 0 Å². The number of carbonyl (C=O) groups is 2. The summed E-state index contributed by atoms with van der Waals surface area (Å²) in [7, 11) is 0. The maximum Gasteiger partial charge on any atom is 0.319 e. The molecule has 0 unspecified atom stereocenters. The zero-order valence-corrected chi connectivity index (χ0v) is 14.0. The summed E-state index contributed by atoms with van der Waals surface area (Å²) in [5.74, 6) is -0.277. The van der Waals surface area contributed by atoms with Crippen LogP contribution in [-0.4, -0.2) is 39.8 Å². The number of benzene rings is 1. The standard InChI is InChI=1S/C15H19ClN6O2/c1-2-17-14(23)12-8-11(4-5-13(12)16)21-15(24)18-6-3-7-22-9-19-20-10-22/h4-5,8-10H,2-3,6-7H2,1H3,(H,17,23)(H2,18,21,24). The Morgan fingerprint density at radius 1 is 1.21 bits per heavy atom. The van der Waals surface area contributed by atoms with Crippen LogP contribution in [0.15, 0.2) is 30.9 Å². The average molecular weight is 351 g/mol. The molecule has 0 aliphatic heterocycles. The number of rotatable bonds is 7. The summed E-state index contributed by atoms with van der Waals surface area (Å²) in [6.45, 7) is 3.54. The molecule has 128 valence electrons. The summed E-state index contributed by atoms with van der Waals surface area (Å²) >= 11 is 6.01. The minimum Gasteiger partial charge on any atom is -0.352 e. The Bertz CT molecular complexity index is 689. The van der Waals surface area contributed by atoms with Crippen LogP contribution in [0.25, 0.3) is 0 Å². The van der Waals surface area contributed by atoms with E-state index in [1.807, 2.05) is 11.5 Å². The normalized spacial score (nSPS) is 10.2. The van der Waals surface area contributed by atoms with Crippen LogP contribution in [0.4, 0.5) is 10.5 Å². The molecule has 0 radical (unpaired) electrons. The van der Waals surface area contributed by atoms with Gasteiger partial charge in [0.15, 0.2) is 0 Å². The van der Waals surface area contributed by atoms with Crippen molar-refractivity contribution in [2.75, 3.05) is 18.4 Å². The molecule has 24 heavy (non-hydrogen) atoms. The lowest BCUT2D eigenvalue weighted by molar-refractivity contribution is 0.0956. The van der Waals surface area contributed by atoms with Crippen LogP contribution in [-0.2, 0) is 6.54 Å². The molecule has 8 nitrogen and oxygen atoms in total. The number of hydrogen-bond donors (Lipinski definition) is 3. The number of urea groups is 1. The molecule has 0 atom stereocenters. The van der Waals surface area contributed by atoms with E-state index in [9.17, 15) is 9.59 Å². The van der Waals surface area contributed by atoms with Crippen molar-refractivity contribution in [1.29, 1.82) is 0 Å². The van der Waals surface area contributed by atoms with Gasteiger partial charge in [-0.05, 0) is 31.5 Å². The number of carbonyl (C=O) groups excluding carboxylic acids is 2. The Labute approximate surface area is 144 Å². The van der Waals surface area contributed by atoms with Crippen LogP contribution < -0.4 is 16.0 Å². The minimum absolute atomic E-state index is 0.277. The van der Waals surface area contributed by atoms with E-state index in [0.29, 0.717) is 29.4 Å². The quantitative estimate of drug-likeness (QED) is 0.664. The summed E-state index contributed by atoms with van der Waals surface area (Å²) in [5.41, 5.74) is 0.820. The van der Waals surface area contributed by atoms with Gasteiger partial charge in [0.1, 0.15) is 12.7 Å².